The summed E-state index contributed by atoms with van der Waals surface area (Å²) < 4.78 is 5.33. The minimum atomic E-state index is -1.72. The second-order valence-electron chi connectivity index (χ2n) is 20.1. The normalized spacial score (nSPS) is 21.9. The fourth-order valence-corrected chi connectivity index (χ4v) is 10.5. The quantitative estimate of drug-likeness (QED) is 0.0483. The molecule has 2 heterocycles. The summed E-state index contributed by atoms with van der Waals surface area (Å²) in [6.45, 7) is 7.17. The van der Waals surface area contributed by atoms with Crippen LogP contribution in [0.2, 0.25) is 0 Å². The number of alkyl carbamates (subject to hydrolysis) is 1. The van der Waals surface area contributed by atoms with Crippen LogP contribution in [0.1, 0.15) is 70.6 Å². The number of hydrogen-bond donors (Lipinski definition) is 13. The van der Waals surface area contributed by atoms with Gasteiger partial charge >= 0.3 is 6.09 Å². The zero-order chi connectivity index (χ0) is 56.9. The number of nitrogens with one attached hydrogen (secondary N) is 9. The SMILES string of the molecule is C[C@@H](O)C1NC(=O)[C@H](CCCCNC(=O)OC(C)(C)C)NC(=O)[C@@H](Cc2c[nH]c3ccccc23)NC(=O)[C@H](Cc2ccccc2)NC(=O)[C@@H](NC(=O)[C@H](N)Cc2ccccc2)CSSC[C@@H](C(=O)N[C@H](CO)[C@@H](C)O)NC1=O. The molecule has 0 spiro atoms. The fraction of sp³-hybridized carbons (Fsp3) is 0.481. The van der Waals surface area contributed by atoms with Gasteiger partial charge in [-0.05, 0) is 83.1 Å². The number of aliphatic hydroxyl groups is 3. The lowest BCUT2D eigenvalue weighted by atomic mass is 10.0. The van der Waals surface area contributed by atoms with Crippen LogP contribution in [0.25, 0.3) is 10.9 Å². The van der Waals surface area contributed by atoms with Gasteiger partial charge < -0.3 is 73.3 Å². The molecule has 0 radical (unpaired) electrons. The third-order valence-corrected chi connectivity index (χ3v) is 14.9. The highest BCUT2D eigenvalue weighted by atomic mass is 33.1. The van der Waals surface area contributed by atoms with Gasteiger partial charge in [0.15, 0.2) is 0 Å². The fourth-order valence-electron chi connectivity index (χ4n) is 8.21. The lowest BCUT2D eigenvalue weighted by Gasteiger charge is -2.29. The van der Waals surface area contributed by atoms with Crippen molar-refractivity contribution in [3.05, 3.63) is 108 Å². The van der Waals surface area contributed by atoms with Gasteiger partial charge in [0.25, 0.3) is 0 Å². The van der Waals surface area contributed by atoms with E-state index >= 15 is 0 Å². The molecule has 1 aliphatic rings. The highest BCUT2D eigenvalue weighted by molar-refractivity contribution is 8.76. The smallest absolute Gasteiger partial charge is 0.407 e. The summed E-state index contributed by atoms with van der Waals surface area (Å²) >= 11 is 0. The number of para-hydroxylation sites is 1. The molecule has 24 heteroatoms. The molecule has 14 N–H and O–H groups in total. The summed E-state index contributed by atoms with van der Waals surface area (Å²) in [6, 6.07) is 14.1. The van der Waals surface area contributed by atoms with Gasteiger partial charge in [-0.15, -0.1) is 0 Å². The molecular weight excluding hydrogens is 1040 g/mol. The Balaban J connectivity index is 1.56. The van der Waals surface area contributed by atoms with E-state index in [-0.39, 0.29) is 50.2 Å². The van der Waals surface area contributed by atoms with Gasteiger partial charge in [0, 0.05) is 48.0 Å². The molecule has 22 nitrogen and oxygen atoms in total. The molecule has 1 aromatic heterocycles. The summed E-state index contributed by atoms with van der Waals surface area (Å²) in [5.41, 5.74) is 8.38. The van der Waals surface area contributed by atoms with Crippen LogP contribution in [-0.4, -0.2) is 159 Å². The largest absolute Gasteiger partial charge is 0.444 e. The molecule has 3 aromatic carbocycles. The van der Waals surface area contributed by atoms with E-state index in [2.05, 4.69) is 47.5 Å². The van der Waals surface area contributed by atoms with E-state index in [9.17, 15) is 53.7 Å². The molecule has 1 saturated heterocycles. The molecule has 5 rings (SSSR count). The lowest BCUT2D eigenvalue weighted by molar-refractivity contribution is -0.136. The molecule has 1 fully saturated rings. The Labute approximate surface area is 461 Å². The number of fused-ring (bicyclic) bond motifs is 1. The van der Waals surface area contributed by atoms with Crippen LogP contribution >= 0.6 is 21.6 Å². The molecule has 1 aliphatic heterocycles. The van der Waals surface area contributed by atoms with Gasteiger partial charge in [-0.25, -0.2) is 4.79 Å². The van der Waals surface area contributed by atoms with Crippen LogP contribution in [0.4, 0.5) is 4.79 Å². The highest BCUT2D eigenvalue weighted by Crippen LogP contribution is 2.24. The predicted molar refractivity (Wildman–Crippen MR) is 297 cm³/mol. The number of amides is 8. The monoisotopic (exact) mass is 1120 g/mol. The molecule has 10 atom stereocenters. The van der Waals surface area contributed by atoms with E-state index in [4.69, 9.17) is 10.5 Å². The maximum Gasteiger partial charge on any atom is 0.407 e. The number of benzene rings is 3. The molecule has 0 bridgehead atoms. The summed E-state index contributed by atoms with van der Waals surface area (Å²) in [7, 11) is 2.03. The second-order valence-corrected chi connectivity index (χ2v) is 22.7. The first kappa shape index (κ1) is 62.1. The van der Waals surface area contributed by atoms with Gasteiger partial charge in [-0.3, -0.25) is 33.6 Å². The van der Waals surface area contributed by atoms with E-state index in [0.717, 1.165) is 38.1 Å². The molecule has 1 unspecified atom stereocenters. The van der Waals surface area contributed by atoms with Crippen molar-refractivity contribution in [2.45, 2.75) is 139 Å². The van der Waals surface area contributed by atoms with E-state index in [1.165, 1.54) is 13.8 Å². The lowest BCUT2D eigenvalue weighted by Crippen LogP contribution is -2.62. The first-order chi connectivity index (χ1) is 37.1. The summed E-state index contributed by atoms with van der Waals surface area (Å²) in [6.07, 6.45) is -1.42. The van der Waals surface area contributed by atoms with E-state index in [1.54, 1.807) is 87.6 Å². The zero-order valence-corrected chi connectivity index (χ0v) is 46.0. The first-order valence-corrected chi connectivity index (χ1v) is 28.3. The van der Waals surface area contributed by atoms with Gasteiger partial charge in [-0.1, -0.05) is 100 Å². The number of carbonyl (C=O) groups is 8. The average Bonchev–Trinajstić information content (AvgIpc) is 3.81. The van der Waals surface area contributed by atoms with Crippen LogP contribution < -0.4 is 48.3 Å². The van der Waals surface area contributed by atoms with E-state index in [0.29, 0.717) is 17.5 Å². The van der Waals surface area contributed by atoms with Gasteiger partial charge in [0.05, 0.1) is 30.9 Å². The zero-order valence-electron chi connectivity index (χ0n) is 44.4. The number of unbranched alkanes of at least 4 members (excludes halogenated alkanes) is 1. The second kappa shape index (κ2) is 30.4. The van der Waals surface area contributed by atoms with Crippen LogP contribution in [0.15, 0.2) is 91.1 Å². The number of ether oxygens (including phenoxy) is 1. The number of rotatable bonds is 18. The van der Waals surface area contributed by atoms with Crippen LogP contribution in [0.5, 0.6) is 0 Å². The summed E-state index contributed by atoms with van der Waals surface area (Å²) in [4.78, 5) is 116. The third kappa shape index (κ3) is 19.9. The minimum absolute atomic E-state index is 0.0726. The maximum atomic E-state index is 14.9. The highest BCUT2D eigenvalue weighted by Gasteiger charge is 2.36. The average molecular weight is 1120 g/mol. The molecule has 424 valence electrons. The van der Waals surface area contributed by atoms with Crippen LogP contribution in [0, 0.1) is 0 Å². The number of hydrogen-bond acceptors (Lipinski definition) is 15. The Morgan fingerprint density at radius 3 is 1.96 bits per heavy atom. The molecule has 0 saturated carbocycles. The number of aromatic amines is 1. The molecule has 0 aliphatic carbocycles. The van der Waals surface area contributed by atoms with Crippen molar-refractivity contribution in [2.24, 2.45) is 5.73 Å². The first-order valence-electron chi connectivity index (χ1n) is 25.8. The Morgan fingerprint density at radius 2 is 1.32 bits per heavy atom. The van der Waals surface area contributed by atoms with Crippen molar-refractivity contribution in [3.63, 3.8) is 0 Å². The Bertz CT molecular complexity index is 2640. The Morgan fingerprint density at radius 1 is 0.731 bits per heavy atom. The predicted octanol–water partition coefficient (Wildman–Crippen LogP) is 0.761. The molecule has 4 aromatic rings. The number of H-pyrrole nitrogens is 1. The third-order valence-electron chi connectivity index (χ3n) is 12.5. The van der Waals surface area contributed by atoms with E-state index in [1.807, 2.05) is 24.3 Å². The van der Waals surface area contributed by atoms with Crippen LogP contribution in [-0.2, 0) is 57.6 Å². The summed E-state index contributed by atoms with van der Waals surface area (Å²) in [5.74, 6) is -6.31. The number of nitrogens with two attached hydrogens (primary N) is 1. The van der Waals surface area contributed by atoms with Crippen molar-refractivity contribution in [1.29, 1.82) is 0 Å². The van der Waals surface area contributed by atoms with Gasteiger partial charge in [0.1, 0.15) is 41.9 Å². The standard InChI is InChI=1S/C54H74N10O12S2/c1-31(66)42(28-65)61-51(73)44-30-78-77-29-43(62-46(68)37(55)24-33-16-8-6-9-17-33)50(72)59-40(25-34-18-10-7-11-19-34)48(70)60-41(26-35-27-57-38-21-13-12-20-36(35)38)49(71)58-39(47(69)64-45(32(2)67)52(74)63-44)22-14-15-23-56-53(75)76-54(3,4)5/h6-13,16-21,27,31-32,37,39-45,57,65-67H,14-15,22-26,28-30,55H2,1-5H3,(H,56,75)(H,58,71)(H,59,72)(H,60,70)(H,61,73)(H,62,68)(H,63,74)(H,64,69)/t31-,32-,37-,39+,40+,41-,42-,43+,44+,45?/m1/s1. The molecule has 8 amide bonds. The molecular formula is C54H74N10O12S2. The van der Waals surface area contributed by atoms with Crippen molar-refractivity contribution < 1.29 is 58.4 Å². The Kier molecular flexibility index (Phi) is 24.3. The van der Waals surface area contributed by atoms with Crippen LogP contribution in [0.3, 0.4) is 0 Å². The van der Waals surface area contributed by atoms with Crippen molar-refractivity contribution in [1.82, 2.24) is 47.5 Å². The Hall–Kier alpha value is -6.70. The number of aliphatic hydroxyl groups excluding tert-OH is 3. The maximum absolute atomic E-state index is 14.9. The van der Waals surface area contributed by atoms with Gasteiger partial charge in [0.2, 0.25) is 41.4 Å². The number of aromatic nitrogens is 1. The topological polar surface area (TPSA) is 345 Å². The van der Waals surface area contributed by atoms with Gasteiger partial charge in [-0.2, -0.15) is 0 Å². The number of carbonyl (C=O) groups excluding carboxylic acids is 8. The minimum Gasteiger partial charge on any atom is -0.444 e. The van der Waals surface area contributed by atoms with Crippen molar-refractivity contribution >= 4 is 79.9 Å². The van der Waals surface area contributed by atoms with E-state index < -0.39 is 120 Å². The van der Waals surface area contributed by atoms with Crippen molar-refractivity contribution in [2.75, 3.05) is 24.7 Å². The molecule has 78 heavy (non-hydrogen) atoms. The van der Waals surface area contributed by atoms with Crippen molar-refractivity contribution in [3.8, 4) is 0 Å². The summed E-state index contributed by atoms with van der Waals surface area (Å²) in [5, 5.41) is 53.4.